The van der Waals surface area contributed by atoms with Crippen molar-refractivity contribution in [1.29, 1.82) is 0 Å². The highest BCUT2D eigenvalue weighted by Gasteiger charge is 2.36. The Bertz CT molecular complexity index is 216. The first-order valence-electron chi connectivity index (χ1n) is 8.11. The van der Waals surface area contributed by atoms with Crippen LogP contribution in [0.1, 0.15) is 64.7 Å². The summed E-state index contributed by atoms with van der Waals surface area (Å²) in [6, 6.07) is 1.08. The van der Waals surface area contributed by atoms with Crippen LogP contribution in [0.4, 0.5) is 0 Å². The van der Waals surface area contributed by atoms with E-state index in [0.717, 1.165) is 18.5 Å². The Morgan fingerprint density at radius 2 is 1.68 bits per heavy atom. The Morgan fingerprint density at radius 1 is 1.00 bits per heavy atom. The maximum Gasteiger partial charge on any atom is 0.424 e. The van der Waals surface area contributed by atoms with Gasteiger partial charge in [-0.15, -0.1) is 0 Å². The van der Waals surface area contributed by atoms with Gasteiger partial charge in [-0.2, -0.15) is 0 Å². The normalized spacial score (nSPS) is 17.8. The lowest BCUT2D eigenvalue weighted by atomic mass is 9.90. The zero-order valence-electron chi connectivity index (χ0n) is 13.2. The van der Waals surface area contributed by atoms with Crippen LogP contribution in [0.25, 0.3) is 0 Å². The second kappa shape index (κ2) is 9.92. The van der Waals surface area contributed by atoms with Crippen molar-refractivity contribution in [3.63, 3.8) is 0 Å². The average molecular weight is 288 g/mol. The molecule has 1 aliphatic rings. The largest absolute Gasteiger partial charge is 0.424 e. The first-order valence-corrected chi connectivity index (χ1v) is 10.1. The van der Waals surface area contributed by atoms with Gasteiger partial charge in [-0.3, -0.25) is 4.98 Å². The number of rotatable bonds is 10. The minimum absolute atomic E-state index is 0.835. The van der Waals surface area contributed by atoms with E-state index in [1.165, 1.54) is 57.8 Å². The first kappa shape index (κ1) is 17.1. The van der Waals surface area contributed by atoms with Gasteiger partial charge in [0.25, 0.3) is 0 Å². The summed E-state index contributed by atoms with van der Waals surface area (Å²) in [5.41, 5.74) is 0. The monoisotopic (exact) mass is 287 g/mol. The molecule has 0 saturated heterocycles. The summed E-state index contributed by atoms with van der Waals surface area (Å²) in [4.78, 5) is 3.67. The zero-order valence-corrected chi connectivity index (χ0v) is 14.2. The molecule has 0 heterocycles. The van der Waals surface area contributed by atoms with E-state index in [2.05, 4.69) is 11.9 Å². The van der Waals surface area contributed by atoms with Crippen molar-refractivity contribution < 1.29 is 8.85 Å². The van der Waals surface area contributed by atoms with E-state index in [1.54, 1.807) is 0 Å². The molecular weight excluding hydrogens is 254 g/mol. The molecule has 1 saturated carbocycles. The summed E-state index contributed by atoms with van der Waals surface area (Å²) >= 11 is 0. The highest BCUT2D eigenvalue weighted by Crippen LogP contribution is 2.24. The van der Waals surface area contributed by atoms with E-state index >= 15 is 0 Å². The minimum atomic E-state index is -2.13. The third kappa shape index (κ3) is 6.39. The number of hydrogen-bond donors (Lipinski definition) is 1. The summed E-state index contributed by atoms with van der Waals surface area (Å²) in [6.45, 7) is 3.33. The number of hydrogen-bond acceptors (Lipinski definition) is 3. The van der Waals surface area contributed by atoms with Crippen molar-refractivity contribution in [3.8, 4) is 0 Å². The molecular formula is C15H33NO2Si. The van der Waals surface area contributed by atoms with Gasteiger partial charge in [0.2, 0.25) is 0 Å². The minimum Gasteiger partial charge on any atom is -0.386 e. The van der Waals surface area contributed by atoms with E-state index in [0.29, 0.717) is 0 Å². The second-order valence-corrected chi connectivity index (χ2v) is 9.03. The van der Waals surface area contributed by atoms with Crippen molar-refractivity contribution in [3.05, 3.63) is 0 Å². The lowest BCUT2D eigenvalue weighted by Gasteiger charge is -2.31. The highest BCUT2D eigenvalue weighted by molar-refractivity contribution is 6.64. The van der Waals surface area contributed by atoms with Crippen molar-refractivity contribution in [1.82, 2.24) is 4.98 Å². The van der Waals surface area contributed by atoms with Crippen LogP contribution in [0.3, 0.4) is 0 Å². The van der Waals surface area contributed by atoms with Gasteiger partial charge in [-0.1, -0.05) is 45.4 Å². The first-order chi connectivity index (χ1) is 9.26. The fourth-order valence-corrected chi connectivity index (χ4v) is 5.35. The summed E-state index contributed by atoms with van der Waals surface area (Å²) in [5, 5.41) is 0. The summed E-state index contributed by atoms with van der Waals surface area (Å²) < 4.78 is 11.5. The van der Waals surface area contributed by atoms with Gasteiger partial charge in [0.15, 0.2) is 0 Å². The molecule has 1 aliphatic carbocycles. The van der Waals surface area contributed by atoms with Crippen molar-refractivity contribution in [2.75, 3.05) is 20.8 Å². The fourth-order valence-electron chi connectivity index (χ4n) is 3.00. The van der Waals surface area contributed by atoms with Crippen LogP contribution in [0, 0.1) is 5.92 Å². The molecule has 1 fully saturated rings. The number of unbranched alkanes of at least 4 members (excludes halogenated alkanes) is 3. The summed E-state index contributed by atoms with van der Waals surface area (Å²) in [7, 11) is 1.49. The van der Waals surface area contributed by atoms with E-state index in [-0.39, 0.29) is 0 Å². The van der Waals surface area contributed by atoms with Gasteiger partial charge < -0.3 is 8.85 Å². The molecule has 0 bridgehead atoms. The van der Waals surface area contributed by atoms with Crippen LogP contribution in [0.2, 0.25) is 6.04 Å². The standard InChI is InChI=1S/C15H33NO2Si/c1-4-5-6-10-13-19(17-2,18-3)16-14-15-11-8-7-9-12-15/h15-16H,4-14H2,1-3H3. The van der Waals surface area contributed by atoms with Crippen LogP contribution in [-0.4, -0.2) is 29.5 Å². The Labute approximate surface area is 120 Å². The predicted molar refractivity (Wildman–Crippen MR) is 83.3 cm³/mol. The van der Waals surface area contributed by atoms with Gasteiger partial charge in [-0.25, -0.2) is 0 Å². The molecule has 114 valence electrons. The molecule has 1 N–H and O–H groups in total. The molecule has 0 spiro atoms. The molecule has 0 aromatic rings. The van der Waals surface area contributed by atoms with Crippen LogP contribution in [0.15, 0.2) is 0 Å². The molecule has 0 unspecified atom stereocenters. The van der Waals surface area contributed by atoms with E-state index in [9.17, 15) is 0 Å². The molecule has 3 nitrogen and oxygen atoms in total. The van der Waals surface area contributed by atoms with Crippen molar-refractivity contribution in [2.24, 2.45) is 5.92 Å². The van der Waals surface area contributed by atoms with Gasteiger partial charge in [-0.05, 0) is 31.7 Å². The van der Waals surface area contributed by atoms with Crippen molar-refractivity contribution >= 4 is 8.72 Å². The predicted octanol–water partition coefficient (Wildman–Crippen LogP) is 3.97. The highest BCUT2D eigenvalue weighted by atomic mass is 28.4. The molecule has 1 rings (SSSR count). The van der Waals surface area contributed by atoms with Crippen LogP contribution in [-0.2, 0) is 8.85 Å². The van der Waals surface area contributed by atoms with Crippen LogP contribution < -0.4 is 4.98 Å². The van der Waals surface area contributed by atoms with Crippen molar-refractivity contribution in [2.45, 2.75) is 70.8 Å². The van der Waals surface area contributed by atoms with Gasteiger partial charge >= 0.3 is 8.72 Å². The van der Waals surface area contributed by atoms with Crippen LogP contribution >= 0.6 is 0 Å². The Balaban J connectivity index is 2.31. The fraction of sp³-hybridized carbons (Fsp3) is 1.00. The third-order valence-electron chi connectivity index (χ3n) is 4.40. The molecule has 0 aliphatic heterocycles. The Hall–Kier alpha value is 0.0969. The maximum absolute atomic E-state index is 5.76. The summed E-state index contributed by atoms with van der Waals surface area (Å²) in [5.74, 6) is 0.835. The smallest absolute Gasteiger partial charge is 0.386 e. The molecule has 0 amide bonds. The molecule has 0 radical (unpaired) electrons. The molecule has 19 heavy (non-hydrogen) atoms. The quantitative estimate of drug-likeness (QED) is 0.487. The number of nitrogens with one attached hydrogen (secondary N) is 1. The Kier molecular flexibility index (Phi) is 8.95. The molecule has 4 heteroatoms. The van der Waals surface area contributed by atoms with E-state index in [1.807, 2.05) is 14.2 Å². The maximum atomic E-state index is 5.76. The topological polar surface area (TPSA) is 30.5 Å². The zero-order chi connectivity index (χ0) is 14.0. The van der Waals surface area contributed by atoms with Gasteiger partial charge in [0.05, 0.1) is 0 Å². The lowest BCUT2D eigenvalue weighted by Crippen LogP contribution is -2.56. The average Bonchev–Trinajstić information content (AvgIpc) is 2.48. The third-order valence-corrected chi connectivity index (χ3v) is 7.48. The summed E-state index contributed by atoms with van der Waals surface area (Å²) in [6.07, 6.45) is 12.1. The molecule has 0 aromatic heterocycles. The Morgan fingerprint density at radius 3 is 2.26 bits per heavy atom. The van der Waals surface area contributed by atoms with E-state index in [4.69, 9.17) is 8.85 Å². The van der Waals surface area contributed by atoms with E-state index < -0.39 is 8.72 Å². The van der Waals surface area contributed by atoms with Gasteiger partial charge in [0, 0.05) is 20.3 Å². The lowest BCUT2D eigenvalue weighted by molar-refractivity contribution is 0.218. The molecule has 0 aromatic carbocycles. The van der Waals surface area contributed by atoms with Gasteiger partial charge in [0.1, 0.15) is 0 Å². The molecule has 0 atom stereocenters. The SMILES string of the molecule is CCCCCC[Si](NCC1CCCCC1)(OC)OC. The second-order valence-electron chi connectivity index (χ2n) is 5.86. The van der Waals surface area contributed by atoms with Crippen LogP contribution in [0.5, 0.6) is 0 Å².